The predicted octanol–water partition coefficient (Wildman–Crippen LogP) is 4.65. The van der Waals surface area contributed by atoms with Crippen molar-refractivity contribution in [3.8, 4) is 0 Å². The zero-order valence-electron chi connectivity index (χ0n) is 20.1. The van der Waals surface area contributed by atoms with Gasteiger partial charge >= 0.3 is 0 Å². The summed E-state index contributed by atoms with van der Waals surface area (Å²) in [6, 6.07) is 16.8. The molecule has 0 saturated heterocycles. The molecule has 1 N–H and O–H groups in total. The normalized spacial score (nSPS) is 12.0. The van der Waals surface area contributed by atoms with Crippen LogP contribution >= 0.6 is 0 Å². The SMILES string of the molecule is CC(C)CCNC(=O)[C@H](c1ccc(F)cc1)N(C(=O)Cn1nnc2ccccc21)c1cccc(F)c1. The molecule has 0 fully saturated rings. The minimum absolute atomic E-state index is 0.192. The number of hydrogen-bond acceptors (Lipinski definition) is 4. The van der Waals surface area contributed by atoms with Crippen LogP contribution in [0.1, 0.15) is 31.9 Å². The van der Waals surface area contributed by atoms with Gasteiger partial charge in [-0.25, -0.2) is 13.5 Å². The molecule has 0 bridgehead atoms. The summed E-state index contributed by atoms with van der Waals surface area (Å²) >= 11 is 0. The van der Waals surface area contributed by atoms with Gasteiger partial charge in [-0.2, -0.15) is 0 Å². The van der Waals surface area contributed by atoms with Gasteiger partial charge in [0.15, 0.2) is 0 Å². The zero-order chi connectivity index (χ0) is 25.7. The van der Waals surface area contributed by atoms with E-state index in [2.05, 4.69) is 15.6 Å². The Kier molecular flexibility index (Phi) is 7.68. The summed E-state index contributed by atoms with van der Waals surface area (Å²) in [6.07, 6.45) is 0.737. The van der Waals surface area contributed by atoms with Gasteiger partial charge in [0.2, 0.25) is 11.8 Å². The second-order valence-corrected chi connectivity index (χ2v) is 8.91. The average Bonchev–Trinajstić information content (AvgIpc) is 3.25. The lowest BCUT2D eigenvalue weighted by atomic mass is 10.0. The number of halogens is 2. The van der Waals surface area contributed by atoms with E-state index in [-0.39, 0.29) is 12.2 Å². The molecule has 0 aliphatic heterocycles. The molecular weight excluding hydrogens is 464 g/mol. The van der Waals surface area contributed by atoms with Gasteiger partial charge in [-0.3, -0.25) is 14.5 Å². The Balaban J connectivity index is 1.76. The van der Waals surface area contributed by atoms with Crippen LogP contribution in [0.4, 0.5) is 14.5 Å². The summed E-state index contributed by atoms with van der Waals surface area (Å²) in [5.41, 5.74) is 1.84. The molecule has 186 valence electrons. The molecule has 0 aliphatic carbocycles. The number of benzene rings is 3. The highest BCUT2D eigenvalue weighted by molar-refractivity contribution is 6.01. The summed E-state index contributed by atoms with van der Waals surface area (Å²) in [4.78, 5) is 28.5. The number of carbonyl (C=O) groups excluding carboxylic acids is 2. The number of amides is 2. The van der Waals surface area contributed by atoms with E-state index in [0.717, 1.165) is 6.42 Å². The Morgan fingerprint density at radius 3 is 2.44 bits per heavy atom. The van der Waals surface area contributed by atoms with Gasteiger partial charge in [-0.1, -0.05) is 49.4 Å². The van der Waals surface area contributed by atoms with Crippen molar-refractivity contribution < 1.29 is 18.4 Å². The van der Waals surface area contributed by atoms with Crippen LogP contribution in [0.5, 0.6) is 0 Å². The van der Waals surface area contributed by atoms with Crippen molar-refractivity contribution in [1.82, 2.24) is 20.3 Å². The number of carbonyl (C=O) groups is 2. The molecule has 1 aromatic heterocycles. The smallest absolute Gasteiger partial charge is 0.249 e. The van der Waals surface area contributed by atoms with E-state index in [9.17, 15) is 18.4 Å². The third-order valence-corrected chi connectivity index (χ3v) is 5.77. The van der Waals surface area contributed by atoms with Gasteiger partial charge in [0, 0.05) is 12.2 Å². The van der Waals surface area contributed by atoms with E-state index in [0.29, 0.717) is 29.1 Å². The molecule has 4 rings (SSSR count). The van der Waals surface area contributed by atoms with Crippen LogP contribution in [0.15, 0.2) is 72.8 Å². The van der Waals surface area contributed by atoms with Gasteiger partial charge < -0.3 is 5.32 Å². The Hall–Kier alpha value is -4.14. The summed E-state index contributed by atoms with van der Waals surface area (Å²) < 4.78 is 29.4. The van der Waals surface area contributed by atoms with Crippen LogP contribution in [0.25, 0.3) is 11.0 Å². The maximum atomic E-state index is 14.3. The highest BCUT2D eigenvalue weighted by Gasteiger charge is 2.33. The van der Waals surface area contributed by atoms with Gasteiger partial charge in [-0.05, 0) is 60.4 Å². The first kappa shape index (κ1) is 25.0. The minimum atomic E-state index is -1.16. The van der Waals surface area contributed by atoms with Crippen molar-refractivity contribution in [2.75, 3.05) is 11.4 Å². The van der Waals surface area contributed by atoms with Crippen LogP contribution in [0, 0.1) is 17.6 Å². The van der Waals surface area contributed by atoms with Crippen molar-refractivity contribution in [2.45, 2.75) is 32.9 Å². The lowest BCUT2D eigenvalue weighted by molar-refractivity contribution is -0.127. The number of rotatable bonds is 9. The molecule has 2 amide bonds. The number of hydrogen-bond donors (Lipinski definition) is 1. The van der Waals surface area contributed by atoms with Crippen LogP contribution in [0.2, 0.25) is 0 Å². The Morgan fingerprint density at radius 2 is 1.72 bits per heavy atom. The summed E-state index contributed by atoms with van der Waals surface area (Å²) in [5.74, 6) is -1.64. The molecule has 0 unspecified atom stereocenters. The maximum Gasteiger partial charge on any atom is 0.249 e. The number of nitrogens with one attached hydrogen (secondary N) is 1. The highest BCUT2D eigenvalue weighted by atomic mass is 19.1. The number of para-hydroxylation sites is 1. The first-order valence-electron chi connectivity index (χ1n) is 11.7. The molecule has 3 aromatic carbocycles. The molecule has 0 spiro atoms. The molecule has 0 radical (unpaired) electrons. The van der Waals surface area contributed by atoms with Crippen molar-refractivity contribution in [3.63, 3.8) is 0 Å². The van der Waals surface area contributed by atoms with E-state index in [1.54, 1.807) is 24.3 Å². The monoisotopic (exact) mass is 491 g/mol. The molecule has 9 heteroatoms. The molecular formula is C27H27F2N5O2. The molecule has 1 atom stereocenters. The number of fused-ring (bicyclic) bond motifs is 1. The first-order chi connectivity index (χ1) is 17.3. The maximum absolute atomic E-state index is 14.3. The topological polar surface area (TPSA) is 80.1 Å². The lowest BCUT2D eigenvalue weighted by Gasteiger charge is -2.31. The summed E-state index contributed by atoms with van der Waals surface area (Å²) in [6.45, 7) is 4.23. The van der Waals surface area contributed by atoms with Gasteiger partial charge in [0.05, 0.1) is 5.52 Å². The Labute approximate surface area is 207 Å². The highest BCUT2D eigenvalue weighted by Crippen LogP contribution is 2.29. The summed E-state index contributed by atoms with van der Waals surface area (Å²) in [5, 5.41) is 11.0. The number of aromatic nitrogens is 3. The van der Waals surface area contributed by atoms with Crippen molar-refractivity contribution >= 4 is 28.5 Å². The third-order valence-electron chi connectivity index (χ3n) is 5.77. The second kappa shape index (κ2) is 11.1. The molecule has 36 heavy (non-hydrogen) atoms. The average molecular weight is 492 g/mol. The van der Waals surface area contributed by atoms with E-state index >= 15 is 0 Å². The number of anilines is 1. The quantitative estimate of drug-likeness (QED) is 0.370. The number of nitrogens with zero attached hydrogens (tertiary/aromatic N) is 4. The zero-order valence-corrected chi connectivity index (χ0v) is 20.1. The molecule has 0 aliphatic rings. The van der Waals surface area contributed by atoms with Crippen LogP contribution in [-0.4, -0.2) is 33.4 Å². The summed E-state index contributed by atoms with van der Waals surface area (Å²) in [7, 11) is 0. The van der Waals surface area contributed by atoms with Gasteiger partial charge in [0.1, 0.15) is 29.7 Å². The fourth-order valence-corrected chi connectivity index (χ4v) is 3.94. The van der Waals surface area contributed by atoms with E-state index in [1.165, 1.54) is 52.0 Å². The van der Waals surface area contributed by atoms with Gasteiger partial charge in [0.25, 0.3) is 0 Å². The van der Waals surface area contributed by atoms with Crippen molar-refractivity contribution in [2.24, 2.45) is 5.92 Å². The van der Waals surface area contributed by atoms with Gasteiger partial charge in [-0.15, -0.1) is 5.10 Å². The van der Waals surface area contributed by atoms with Crippen LogP contribution in [-0.2, 0) is 16.1 Å². The largest absolute Gasteiger partial charge is 0.354 e. The van der Waals surface area contributed by atoms with E-state index in [1.807, 2.05) is 19.9 Å². The molecule has 7 nitrogen and oxygen atoms in total. The van der Waals surface area contributed by atoms with Crippen molar-refractivity contribution in [3.05, 3.63) is 90.0 Å². The predicted molar refractivity (Wildman–Crippen MR) is 133 cm³/mol. The molecule has 4 aromatic rings. The molecule has 0 saturated carbocycles. The Bertz CT molecular complexity index is 1350. The van der Waals surface area contributed by atoms with Crippen LogP contribution in [0.3, 0.4) is 0 Å². The molecule has 1 heterocycles. The van der Waals surface area contributed by atoms with E-state index < -0.39 is 29.5 Å². The third kappa shape index (κ3) is 5.73. The van der Waals surface area contributed by atoms with E-state index in [4.69, 9.17) is 0 Å². The fraction of sp³-hybridized carbons (Fsp3) is 0.259. The lowest BCUT2D eigenvalue weighted by Crippen LogP contribution is -2.45. The Morgan fingerprint density at radius 1 is 0.972 bits per heavy atom. The first-order valence-corrected chi connectivity index (χ1v) is 11.7. The van der Waals surface area contributed by atoms with Crippen molar-refractivity contribution in [1.29, 1.82) is 0 Å². The van der Waals surface area contributed by atoms with Crippen LogP contribution < -0.4 is 10.2 Å². The minimum Gasteiger partial charge on any atom is -0.354 e. The standard InChI is InChI=1S/C27H27F2N5O2/c1-18(2)14-15-30-27(36)26(19-10-12-20(28)13-11-19)34(22-7-5-6-21(29)16-22)25(35)17-33-24-9-4-3-8-23(24)31-32-33/h3-13,16,18,26H,14-15,17H2,1-2H3,(H,30,36)/t26-/m0/s1. The fourth-order valence-electron chi connectivity index (χ4n) is 3.94. The second-order valence-electron chi connectivity index (χ2n) is 8.91.